The predicted molar refractivity (Wildman–Crippen MR) is 132 cm³/mol. The molecule has 0 spiro atoms. The number of H-pyrrole nitrogens is 1. The van der Waals surface area contributed by atoms with Crippen LogP contribution in [-0.4, -0.2) is 27.2 Å². The van der Waals surface area contributed by atoms with Gasteiger partial charge in [0.1, 0.15) is 6.04 Å². The van der Waals surface area contributed by atoms with Gasteiger partial charge in [-0.25, -0.2) is 0 Å². The van der Waals surface area contributed by atoms with E-state index in [0.717, 1.165) is 35.6 Å². The molecule has 1 amide bonds. The molecule has 1 aliphatic rings. The zero-order chi connectivity index (χ0) is 22.1. The van der Waals surface area contributed by atoms with Crippen LogP contribution in [0.3, 0.4) is 0 Å². The molecule has 1 atom stereocenters. The van der Waals surface area contributed by atoms with Crippen LogP contribution in [0.25, 0.3) is 10.7 Å². The molecule has 2 N–H and O–H groups in total. The van der Waals surface area contributed by atoms with Crippen molar-refractivity contribution < 1.29 is 4.79 Å². The van der Waals surface area contributed by atoms with Crippen molar-refractivity contribution in [2.75, 3.05) is 16.8 Å². The molecular formula is C24H23N5OS2. The van der Waals surface area contributed by atoms with Gasteiger partial charge in [0.25, 0.3) is 0 Å². The number of carbonyl (C=O) groups is 1. The molecule has 0 saturated carbocycles. The zero-order valence-electron chi connectivity index (χ0n) is 17.6. The Bertz CT molecular complexity index is 1310. The first-order valence-electron chi connectivity index (χ1n) is 10.5. The summed E-state index contributed by atoms with van der Waals surface area (Å²) in [5.74, 6) is 0.546. The SMILES string of the molecule is CC(C(=O)Nc1ccccc1CN1CCc2ccccc21)n1c(-c2cccs2)n[nH]c1=S. The zero-order valence-corrected chi connectivity index (χ0v) is 19.2. The minimum Gasteiger partial charge on any atom is -0.367 e. The predicted octanol–water partition coefficient (Wildman–Crippen LogP) is 5.43. The normalized spacial score (nSPS) is 13.7. The third-order valence-electron chi connectivity index (χ3n) is 5.83. The van der Waals surface area contributed by atoms with Crippen molar-refractivity contribution in [2.45, 2.75) is 25.9 Å². The van der Waals surface area contributed by atoms with Gasteiger partial charge in [0.2, 0.25) is 5.91 Å². The number of rotatable bonds is 6. The molecule has 6 nitrogen and oxygen atoms in total. The number of benzene rings is 2. The van der Waals surface area contributed by atoms with Crippen molar-refractivity contribution >= 4 is 40.8 Å². The van der Waals surface area contributed by atoms with E-state index >= 15 is 0 Å². The molecule has 8 heteroatoms. The molecule has 0 fully saturated rings. The summed E-state index contributed by atoms with van der Waals surface area (Å²) in [6, 6.07) is 19.9. The number of hydrogen-bond acceptors (Lipinski definition) is 5. The second-order valence-corrected chi connectivity index (χ2v) is 9.16. The van der Waals surface area contributed by atoms with Crippen molar-refractivity contribution in [3.8, 4) is 10.7 Å². The van der Waals surface area contributed by atoms with Crippen LogP contribution in [0.4, 0.5) is 11.4 Å². The van der Waals surface area contributed by atoms with Crippen LogP contribution < -0.4 is 10.2 Å². The summed E-state index contributed by atoms with van der Waals surface area (Å²) in [6.45, 7) is 3.57. The maximum atomic E-state index is 13.2. The Hall–Kier alpha value is -3.23. The summed E-state index contributed by atoms with van der Waals surface area (Å²) in [4.78, 5) is 16.6. The van der Waals surface area contributed by atoms with E-state index in [0.29, 0.717) is 10.6 Å². The lowest BCUT2D eigenvalue weighted by atomic mass is 10.1. The molecule has 0 radical (unpaired) electrons. The highest BCUT2D eigenvalue weighted by molar-refractivity contribution is 7.71. The lowest BCUT2D eigenvalue weighted by Gasteiger charge is -2.22. The number of fused-ring (bicyclic) bond motifs is 1. The Labute approximate surface area is 195 Å². The average Bonchev–Trinajstić information content (AvgIpc) is 3.55. The van der Waals surface area contributed by atoms with Gasteiger partial charge in [0.05, 0.1) is 4.88 Å². The number of anilines is 2. The second-order valence-electron chi connectivity index (χ2n) is 7.82. The smallest absolute Gasteiger partial charge is 0.247 e. The number of thiophene rings is 1. The fraction of sp³-hybridized carbons (Fsp3) is 0.208. The molecule has 0 aliphatic carbocycles. The number of nitrogens with zero attached hydrogens (tertiary/aromatic N) is 3. The maximum absolute atomic E-state index is 13.2. The molecule has 5 rings (SSSR count). The van der Waals surface area contributed by atoms with E-state index in [-0.39, 0.29) is 5.91 Å². The summed E-state index contributed by atoms with van der Waals surface area (Å²) >= 11 is 6.99. The standard InChI is InChI=1S/C24H23N5OS2/c1-16(29-22(26-27-24(29)31)21-11-6-14-32-21)23(30)25-19-9-4-2-8-18(19)15-28-13-12-17-7-3-5-10-20(17)28/h2-11,14,16H,12-13,15H2,1H3,(H,25,30)(H,27,31). The Balaban J connectivity index is 1.37. The molecule has 32 heavy (non-hydrogen) atoms. The Kier molecular flexibility index (Phi) is 5.63. The van der Waals surface area contributed by atoms with Gasteiger partial charge in [-0.05, 0) is 60.3 Å². The highest BCUT2D eigenvalue weighted by Gasteiger charge is 2.23. The summed E-state index contributed by atoms with van der Waals surface area (Å²) in [5.41, 5.74) is 4.55. The minimum absolute atomic E-state index is 0.130. The molecular weight excluding hydrogens is 438 g/mol. The molecule has 4 aromatic rings. The lowest BCUT2D eigenvalue weighted by molar-refractivity contribution is -0.118. The van der Waals surface area contributed by atoms with E-state index in [1.807, 2.05) is 42.6 Å². The van der Waals surface area contributed by atoms with E-state index in [2.05, 4.69) is 50.7 Å². The van der Waals surface area contributed by atoms with Crippen molar-refractivity contribution in [1.29, 1.82) is 0 Å². The molecule has 162 valence electrons. The van der Waals surface area contributed by atoms with Crippen LogP contribution in [0.15, 0.2) is 66.0 Å². The summed E-state index contributed by atoms with van der Waals surface area (Å²) < 4.78 is 2.20. The molecule has 2 aromatic heterocycles. The highest BCUT2D eigenvalue weighted by atomic mass is 32.1. The third kappa shape index (κ3) is 3.87. The number of aromatic nitrogens is 3. The Morgan fingerprint density at radius 3 is 2.84 bits per heavy atom. The Morgan fingerprint density at radius 1 is 1.19 bits per heavy atom. The van der Waals surface area contributed by atoms with Gasteiger partial charge in [-0.2, -0.15) is 5.10 Å². The summed E-state index contributed by atoms with van der Waals surface area (Å²) in [7, 11) is 0. The van der Waals surface area contributed by atoms with Crippen LogP contribution in [0.1, 0.15) is 24.1 Å². The summed E-state index contributed by atoms with van der Waals surface area (Å²) in [6.07, 6.45) is 1.05. The van der Waals surface area contributed by atoms with Gasteiger partial charge < -0.3 is 10.2 Å². The maximum Gasteiger partial charge on any atom is 0.247 e. The van der Waals surface area contributed by atoms with E-state index < -0.39 is 6.04 Å². The number of carbonyl (C=O) groups excluding carboxylic acids is 1. The van der Waals surface area contributed by atoms with Crippen LogP contribution in [-0.2, 0) is 17.8 Å². The van der Waals surface area contributed by atoms with E-state index in [4.69, 9.17) is 12.2 Å². The van der Waals surface area contributed by atoms with E-state index in [1.54, 1.807) is 15.9 Å². The second kappa shape index (κ2) is 8.72. The molecule has 0 saturated heterocycles. The van der Waals surface area contributed by atoms with Crippen LogP contribution in [0.2, 0.25) is 0 Å². The molecule has 1 aliphatic heterocycles. The molecule has 2 aromatic carbocycles. The van der Waals surface area contributed by atoms with Crippen molar-refractivity contribution in [3.63, 3.8) is 0 Å². The van der Waals surface area contributed by atoms with Crippen LogP contribution in [0.5, 0.6) is 0 Å². The topological polar surface area (TPSA) is 66.0 Å². The third-order valence-corrected chi connectivity index (χ3v) is 6.99. The fourth-order valence-corrected chi connectivity index (χ4v) is 5.16. The molecule has 3 heterocycles. The summed E-state index contributed by atoms with van der Waals surface area (Å²) in [5, 5.41) is 12.3. The number of nitrogens with one attached hydrogen (secondary N) is 2. The first-order chi connectivity index (χ1) is 15.6. The first kappa shape index (κ1) is 20.7. The van der Waals surface area contributed by atoms with E-state index in [9.17, 15) is 4.79 Å². The number of amides is 1. The van der Waals surface area contributed by atoms with Crippen LogP contribution in [0, 0.1) is 4.77 Å². The fourth-order valence-electron chi connectivity index (χ4n) is 4.15. The largest absolute Gasteiger partial charge is 0.367 e. The number of aromatic amines is 1. The average molecular weight is 462 g/mol. The van der Waals surface area contributed by atoms with Crippen LogP contribution >= 0.6 is 23.6 Å². The van der Waals surface area contributed by atoms with Crippen molar-refractivity contribution in [1.82, 2.24) is 14.8 Å². The lowest BCUT2D eigenvalue weighted by Crippen LogP contribution is -2.26. The van der Waals surface area contributed by atoms with Gasteiger partial charge in [0.15, 0.2) is 10.6 Å². The highest BCUT2D eigenvalue weighted by Crippen LogP contribution is 2.31. The van der Waals surface area contributed by atoms with Gasteiger partial charge in [-0.1, -0.05) is 42.5 Å². The van der Waals surface area contributed by atoms with Gasteiger partial charge in [-0.15, -0.1) is 11.3 Å². The quantitative estimate of drug-likeness (QED) is 0.376. The van der Waals surface area contributed by atoms with Gasteiger partial charge in [-0.3, -0.25) is 14.5 Å². The first-order valence-corrected chi connectivity index (χ1v) is 11.8. The van der Waals surface area contributed by atoms with Gasteiger partial charge in [0, 0.05) is 24.5 Å². The monoisotopic (exact) mass is 461 g/mol. The number of hydrogen-bond donors (Lipinski definition) is 2. The number of para-hydroxylation sites is 2. The molecule has 1 unspecified atom stereocenters. The van der Waals surface area contributed by atoms with Gasteiger partial charge >= 0.3 is 0 Å². The molecule has 0 bridgehead atoms. The van der Waals surface area contributed by atoms with E-state index in [1.165, 1.54) is 11.3 Å². The van der Waals surface area contributed by atoms with Crippen molar-refractivity contribution in [3.05, 3.63) is 81.9 Å². The van der Waals surface area contributed by atoms with Crippen molar-refractivity contribution in [2.24, 2.45) is 0 Å². The minimum atomic E-state index is -0.515. The Morgan fingerprint density at radius 2 is 2.00 bits per heavy atom.